The van der Waals surface area contributed by atoms with Gasteiger partial charge in [0.25, 0.3) is 5.91 Å². The molecule has 0 fully saturated rings. The highest BCUT2D eigenvalue weighted by atomic mass is 16.6. The molecule has 112 valence electrons. The number of benzene rings is 2. The third kappa shape index (κ3) is 2.78. The number of phenolic OH excluding ortho intramolecular Hbond substituents is 1. The van der Waals surface area contributed by atoms with E-state index >= 15 is 0 Å². The molecule has 0 unspecified atom stereocenters. The number of nitro benzene ring substituents is 1. The second-order valence-electron chi connectivity index (χ2n) is 4.41. The minimum atomic E-state index is -0.781. The number of carbonyl (C=O) groups excluding carboxylic acids is 2. The van der Waals surface area contributed by atoms with Crippen LogP contribution in [-0.4, -0.2) is 28.8 Å². The molecule has 0 aliphatic carbocycles. The van der Waals surface area contributed by atoms with Crippen LogP contribution in [0.3, 0.4) is 0 Å². The molecule has 0 spiro atoms. The Morgan fingerprint density at radius 1 is 1.14 bits per heavy atom. The molecule has 2 N–H and O–H groups in total. The molecule has 0 aliphatic heterocycles. The van der Waals surface area contributed by atoms with Gasteiger partial charge < -0.3 is 10.4 Å². The largest absolute Gasteiger partial charge is 0.502 e. The summed E-state index contributed by atoms with van der Waals surface area (Å²) in [7, 11) is 1.44. The number of nitrogens with zero attached hydrogens (tertiary/aromatic N) is 1. The van der Waals surface area contributed by atoms with E-state index in [2.05, 4.69) is 5.32 Å². The van der Waals surface area contributed by atoms with E-state index in [1.165, 1.54) is 25.2 Å². The van der Waals surface area contributed by atoms with Crippen molar-refractivity contribution in [2.24, 2.45) is 0 Å². The van der Waals surface area contributed by atoms with Crippen LogP contribution in [0.5, 0.6) is 5.75 Å². The molecule has 1 amide bonds. The second kappa shape index (κ2) is 6.04. The van der Waals surface area contributed by atoms with E-state index in [0.29, 0.717) is 0 Å². The maximum Gasteiger partial charge on any atom is 0.311 e. The van der Waals surface area contributed by atoms with E-state index in [-0.39, 0.29) is 16.7 Å². The fourth-order valence-corrected chi connectivity index (χ4v) is 1.98. The first-order valence-corrected chi connectivity index (χ1v) is 6.29. The number of hydrogen-bond donors (Lipinski definition) is 2. The SMILES string of the molecule is CNC(=O)c1ccccc1C(=O)c1ccc(O)c([N+](=O)[O-])c1. The number of nitrogens with one attached hydrogen (secondary N) is 1. The maximum atomic E-state index is 12.5. The van der Waals surface area contributed by atoms with Gasteiger partial charge in [0.1, 0.15) is 0 Å². The number of aromatic hydroxyl groups is 1. The molecule has 7 nitrogen and oxygen atoms in total. The second-order valence-corrected chi connectivity index (χ2v) is 4.41. The third-order valence-electron chi connectivity index (χ3n) is 3.08. The Kier molecular flexibility index (Phi) is 4.17. The van der Waals surface area contributed by atoms with E-state index < -0.39 is 28.1 Å². The van der Waals surface area contributed by atoms with Crippen molar-refractivity contribution in [3.05, 3.63) is 69.3 Å². The summed E-state index contributed by atoms with van der Waals surface area (Å²) in [6.45, 7) is 0. The first-order chi connectivity index (χ1) is 10.5. The Bertz CT molecular complexity index is 770. The van der Waals surface area contributed by atoms with Crippen molar-refractivity contribution in [2.75, 3.05) is 7.05 Å². The molecular weight excluding hydrogens is 288 g/mol. The highest BCUT2D eigenvalue weighted by Gasteiger charge is 2.21. The topological polar surface area (TPSA) is 110 Å². The van der Waals surface area contributed by atoms with Crippen LogP contribution in [0.1, 0.15) is 26.3 Å². The molecule has 0 heterocycles. The van der Waals surface area contributed by atoms with Gasteiger partial charge in [-0.25, -0.2) is 0 Å². The van der Waals surface area contributed by atoms with E-state index in [0.717, 1.165) is 12.1 Å². The Hall–Kier alpha value is -3.22. The van der Waals surface area contributed by atoms with Gasteiger partial charge in [-0.05, 0) is 18.2 Å². The highest BCUT2D eigenvalue weighted by molar-refractivity contribution is 6.15. The molecule has 0 aromatic heterocycles. The van der Waals surface area contributed by atoms with Crippen LogP contribution in [0.25, 0.3) is 0 Å². The summed E-state index contributed by atoms with van der Waals surface area (Å²) in [5.74, 6) is -1.50. The third-order valence-corrected chi connectivity index (χ3v) is 3.08. The smallest absolute Gasteiger partial charge is 0.311 e. The van der Waals surface area contributed by atoms with E-state index in [9.17, 15) is 24.8 Å². The molecule has 0 saturated heterocycles. The molecular formula is C15H12N2O5. The van der Waals surface area contributed by atoms with Crippen LogP contribution in [0.15, 0.2) is 42.5 Å². The van der Waals surface area contributed by atoms with Crippen molar-refractivity contribution in [2.45, 2.75) is 0 Å². The lowest BCUT2D eigenvalue weighted by molar-refractivity contribution is -0.385. The minimum absolute atomic E-state index is 0.0147. The summed E-state index contributed by atoms with van der Waals surface area (Å²) in [6, 6.07) is 9.49. The normalized spacial score (nSPS) is 10.0. The average molecular weight is 300 g/mol. The quantitative estimate of drug-likeness (QED) is 0.509. The van der Waals surface area contributed by atoms with Gasteiger partial charge in [0.05, 0.1) is 10.5 Å². The van der Waals surface area contributed by atoms with E-state index in [1.54, 1.807) is 12.1 Å². The summed E-state index contributed by atoms with van der Waals surface area (Å²) in [6.07, 6.45) is 0. The molecule has 2 rings (SSSR count). The lowest BCUT2D eigenvalue weighted by Gasteiger charge is -2.07. The summed E-state index contributed by atoms with van der Waals surface area (Å²) in [4.78, 5) is 34.3. The molecule has 0 saturated carbocycles. The van der Waals surface area contributed by atoms with Gasteiger partial charge in [0, 0.05) is 24.2 Å². The summed E-state index contributed by atoms with van der Waals surface area (Å²) in [5, 5.41) is 22.7. The molecule has 0 atom stereocenters. The Labute approximate surface area is 125 Å². The standard InChI is InChI=1S/C15H12N2O5/c1-16-15(20)11-5-3-2-4-10(11)14(19)9-6-7-13(18)12(8-9)17(21)22/h2-8,18H,1H3,(H,16,20). The summed E-state index contributed by atoms with van der Waals surface area (Å²) in [5.41, 5.74) is -0.253. The Morgan fingerprint density at radius 3 is 2.36 bits per heavy atom. The zero-order valence-electron chi connectivity index (χ0n) is 11.6. The van der Waals surface area contributed by atoms with Gasteiger partial charge in [-0.2, -0.15) is 0 Å². The predicted octanol–water partition coefficient (Wildman–Crippen LogP) is 1.89. The van der Waals surface area contributed by atoms with Crippen molar-refractivity contribution in [1.82, 2.24) is 5.32 Å². The van der Waals surface area contributed by atoms with Gasteiger partial charge in [0.15, 0.2) is 11.5 Å². The van der Waals surface area contributed by atoms with Crippen LogP contribution in [0.2, 0.25) is 0 Å². The van der Waals surface area contributed by atoms with Crippen LogP contribution >= 0.6 is 0 Å². The predicted molar refractivity (Wildman–Crippen MR) is 78.0 cm³/mol. The first kappa shape index (κ1) is 15.2. The van der Waals surface area contributed by atoms with E-state index in [1.807, 2.05) is 0 Å². The lowest BCUT2D eigenvalue weighted by atomic mass is 9.97. The number of ketones is 1. The monoisotopic (exact) mass is 300 g/mol. The molecule has 2 aromatic rings. The number of hydrogen-bond acceptors (Lipinski definition) is 5. The van der Waals surface area contributed by atoms with E-state index in [4.69, 9.17) is 0 Å². The van der Waals surface area contributed by atoms with Crippen molar-refractivity contribution >= 4 is 17.4 Å². The molecule has 7 heteroatoms. The lowest BCUT2D eigenvalue weighted by Crippen LogP contribution is -2.21. The summed E-state index contributed by atoms with van der Waals surface area (Å²) < 4.78 is 0. The number of carbonyl (C=O) groups is 2. The van der Waals surface area contributed by atoms with Crippen LogP contribution in [-0.2, 0) is 0 Å². The fourth-order valence-electron chi connectivity index (χ4n) is 1.98. The number of phenols is 1. The van der Waals surface area contributed by atoms with Gasteiger partial charge in [-0.1, -0.05) is 18.2 Å². The molecule has 0 aliphatic rings. The number of rotatable bonds is 4. The van der Waals surface area contributed by atoms with Crippen molar-refractivity contribution in [1.29, 1.82) is 0 Å². The first-order valence-electron chi connectivity index (χ1n) is 6.29. The zero-order valence-corrected chi connectivity index (χ0v) is 11.6. The van der Waals surface area contributed by atoms with Crippen LogP contribution in [0, 0.1) is 10.1 Å². The molecule has 0 bridgehead atoms. The van der Waals surface area contributed by atoms with Gasteiger partial charge in [-0.3, -0.25) is 19.7 Å². The zero-order chi connectivity index (χ0) is 16.3. The van der Waals surface area contributed by atoms with Gasteiger partial charge in [0.2, 0.25) is 0 Å². The average Bonchev–Trinajstić information content (AvgIpc) is 2.53. The van der Waals surface area contributed by atoms with Crippen LogP contribution in [0.4, 0.5) is 5.69 Å². The van der Waals surface area contributed by atoms with Gasteiger partial charge >= 0.3 is 5.69 Å². The number of amides is 1. The van der Waals surface area contributed by atoms with Crippen molar-refractivity contribution in [3.8, 4) is 5.75 Å². The summed E-state index contributed by atoms with van der Waals surface area (Å²) >= 11 is 0. The molecule has 2 aromatic carbocycles. The Balaban J connectivity index is 2.52. The maximum absolute atomic E-state index is 12.5. The minimum Gasteiger partial charge on any atom is -0.502 e. The van der Waals surface area contributed by atoms with Crippen LogP contribution < -0.4 is 5.32 Å². The van der Waals surface area contributed by atoms with Crippen molar-refractivity contribution < 1.29 is 19.6 Å². The number of nitro groups is 1. The Morgan fingerprint density at radius 2 is 1.77 bits per heavy atom. The molecule has 0 radical (unpaired) electrons. The van der Waals surface area contributed by atoms with Crippen molar-refractivity contribution in [3.63, 3.8) is 0 Å². The van der Waals surface area contributed by atoms with Gasteiger partial charge in [-0.15, -0.1) is 0 Å². The molecule has 22 heavy (non-hydrogen) atoms. The highest BCUT2D eigenvalue weighted by Crippen LogP contribution is 2.27. The fraction of sp³-hybridized carbons (Fsp3) is 0.0667.